The fourth-order valence-corrected chi connectivity index (χ4v) is 1.28. The van der Waals surface area contributed by atoms with Crippen molar-refractivity contribution in [3.8, 4) is 0 Å². The van der Waals surface area contributed by atoms with Gasteiger partial charge in [-0.2, -0.15) is 0 Å². The van der Waals surface area contributed by atoms with Crippen molar-refractivity contribution in [2.45, 2.75) is 13.3 Å². The Morgan fingerprint density at radius 3 is 2.71 bits per heavy atom. The van der Waals surface area contributed by atoms with E-state index in [9.17, 15) is 4.57 Å². The molecule has 5 nitrogen and oxygen atoms in total. The van der Waals surface area contributed by atoms with Gasteiger partial charge in [0.2, 0.25) is 0 Å². The van der Waals surface area contributed by atoms with E-state index in [2.05, 4.69) is 5.43 Å². The summed E-state index contributed by atoms with van der Waals surface area (Å²) < 4.78 is 10.5. The molecule has 0 aliphatic carbocycles. The number of hydrazine groups is 1. The predicted octanol–water partition coefficient (Wildman–Crippen LogP) is 1.26. The highest BCUT2D eigenvalue weighted by atomic mass is 31.2. The third-order valence-electron chi connectivity index (χ3n) is 1.68. The minimum atomic E-state index is -4.22. The summed E-state index contributed by atoms with van der Waals surface area (Å²) in [5.74, 6) is 0. The van der Waals surface area contributed by atoms with E-state index in [0.717, 1.165) is 12.0 Å². The molecule has 0 aromatic heterocycles. The Morgan fingerprint density at radius 1 is 1.43 bits per heavy atom. The molecule has 4 N–H and O–H groups in total. The number of nitrogens with one attached hydrogen (secondary N) is 2. The maximum absolute atomic E-state index is 10.5. The normalized spacial score (nSPS) is 11.4. The quantitative estimate of drug-likeness (QED) is 0.450. The van der Waals surface area contributed by atoms with Crippen LogP contribution in [0.15, 0.2) is 24.3 Å². The van der Waals surface area contributed by atoms with Gasteiger partial charge in [-0.25, -0.2) is 4.57 Å². The fourth-order valence-electron chi connectivity index (χ4n) is 1.01. The van der Waals surface area contributed by atoms with Gasteiger partial charge in [-0.1, -0.05) is 19.1 Å². The lowest BCUT2D eigenvalue weighted by Crippen LogP contribution is -2.17. The molecule has 0 bridgehead atoms. The zero-order valence-corrected chi connectivity index (χ0v) is 8.66. The summed E-state index contributed by atoms with van der Waals surface area (Å²) in [5, 5.41) is 1.91. The van der Waals surface area contributed by atoms with Crippen LogP contribution < -0.4 is 10.6 Å². The summed E-state index contributed by atoms with van der Waals surface area (Å²) >= 11 is 0. The predicted molar refractivity (Wildman–Crippen MR) is 54.6 cm³/mol. The van der Waals surface area contributed by atoms with Crippen molar-refractivity contribution in [1.82, 2.24) is 5.20 Å². The number of benzene rings is 1. The third-order valence-corrected chi connectivity index (χ3v) is 2.08. The van der Waals surface area contributed by atoms with Crippen LogP contribution in [0.25, 0.3) is 0 Å². The van der Waals surface area contributed by atoms with Crippen LogP contribution >= 0.6 is 7.75 Å². The molecule has 0 heterocycles. The molecule has 78 valence electrons. The van der Waals surface area contributed by atoms with Gasteiger partial charge in [0, 0.05) is 5.69 Å². The summed E-state index contributed by atoms with van der Waals surface area (Å²) in [6.45, 7) is 2.01. The summed E-state index contributed by atoms with van der Waals surface area (Å²) in [6, 6.07) is 7.32. The molecule has 14 heavy (non-hydrogen) atoms. The van der Waals surface area contributed by atoms with Crippen molar-refractivity contribution in [2.75, 3.05) is 5.43 Å². The van der Waals surface area contributed by atoms with Gasteiger partial charge < -0.3 is 15.2 Å². The van der Waals surface area contributed by atoms with Crippen LogP contribution in [0.3, 0.4) is 0 Å². The van der Waals surface area contributed by atoms with Crippen molar-refractivity contribution in [1.29, 1.82) is 0 Å². The molecule has 6 heteroatoms. The van der Waals surface area contributed by atoms with Gasteiger partial charge in [-0.05, 0) is 24.1 Å². The lowest BCUT2D eigenvalue weighted by atomic mass is 10.1. The molecule has 1 rings (SSSR count). The van der Waals surface area contributed by atoms with E-state index in [-0.39, 0.29) is 0 Å². The van der Waals surface area contributed by atoms with Gasteiger partial charge in [0.15, 0.2) is 0 Å². The molecule has 0 aliphatic heterocycles. The van der Waals surface area contributed by atoms with Crippen LogP contribution in [0.1, 0.15) is 12.5 Å². The van der Waals surface area contributed by atoms with Gasteiger partial charge in [0.25, 0.3) is 0 Å². The van der Waals surface area contributed by atoms with Gasteiger partial charge in [0.1, 0.15) is 0 Å². The van der Waals surface area contributed by atoms with E-state index in [1.807, 2.05) is 30.3 Å². The highest BCUT2D eigenvalue weighted by molar-refractivity contribution is 7.49. The van der Waals surface area contributed by atoms with Crippen molar-refractivity contribution >= 4 is 13.4 Å². The molecule has 0 atom stereocenters. The number of hydrogen-bond acceptors (Lipinski definition) is 2. The van der Waals surface area contributed by atoms with Crippen molar-refractivity contribution < 1.29 is 14.4 Å². The molecule has 0 spiro atoms. The molecule has 0 saturated heterocycles. The van der Waals surface area contributed by atoms with Gasteiger partial charge in [0.05, 0.1) is 0 Å². The summed E-state index contributed by atoms with van der Waals surface area (Å²) in [4.78, 5) is 17.1. The monoisotopic (exact) mass is 216 g/mol. The standard InChI is InChI=1S/C8H13N2O3P/c1-2-7-4-3-5-8(6-7)9-10-14(11,12)13/h3-6,9H,2H2,1H3,(H3,10,11,12,13). The average molecular weight is 216 g/mol. The van der Waals surface area contributed by atoms with Crippen LogP contribution in [0.5, 0.6) is 0 Å². The molecule has 0 fully saturated rings. The highest BCUT2D eigenvalue weighted by Crippen LogP contribution is 2.27. The second-order valence-electron chi connectivity index (χ2n) is 2.83. The lowest BCUT2D eigenvalue weighted by molar-refractivity contribution is 0.362. The zero-order valence-electron chi connectivity index (χ0n) is 7.77. The van der Waals surface area contributed by atoms with E-state index >= 15 is 0 Å². The number of aryl methyl sites for hydroxylation is 1. The Kier molecular flexibility index (Phi) is 3.66. The highest BCUT2D eigenvalue weighted by Gasteiger charge is 2.10. The van der Waals surface area contributed by atoms with Crippen LogP contribution in [-0.2, 0) is 11.0 Å². The number of anilines is 1. The topological polar surface area (TPSA) is 81.6 Å². The second-order valence-corrected chi connectivity index (χ2v) is 4.15. The Labute approximate surface area is 82.3 Å². The maximum Gasteiger partial charge on any atom is 0.417 e. The fraction of sp³-hybridized carbons (Fsp3) is 0.250. The molecule has 0 unspecified atom stereocenters. The van der Waals surface area contributed by atoms with E-state index in [1.165, 1.54) is 0 Å². The van der Waals surface area contributed by atoms with Crippen molar-refractivity contribution in [3.05, 3.63) is 29.8 Å². The van der Waals surface area contributed by atoms with E-state index in [1.54, 1.807) is 6.07 Å². The molecule has 0 amide bonds. The molecule has 1 aromatic carbocycles. The zero-order chi connectivity index (χ0) is 10.6. The minimum Gasteiger partial charge on any atom is -0.312 e. The summed E-state index contributed by atoms with van der Waals surface area (Å²) in [6.07, 6.45) is 0.880. The van der Waals surface area contributed by atoms with E-state index in [0.29, 0.717) is 5.69 Å². The van der Waals surface area contributed by atoms with Crippen LogP contribution in [0.2, 0.25) is 0 Å². The Hall–Kier alpha value is -0.870. The molecule has 1 aromatic rings. The third kappa shape index (κ3) is 3.89. The first-order valence-electron chi connectivity index (χ1n) is 4.19. The summed E-state index contributed by atoms with van der Waals surface area (Å²) in [5.41, 5.74) is 4.18. The maximum atomic E-state index is 10.5. The Bertz CT molecular complexity index is 350. The summed E-state index contributed by atoms with van der Waals surface area (Å²) in [7, 11) is -4.22. The largest absolute Gasteiger partial charge is 0.417 e. The first-order chi connectivity index (χ1) is 6.51. The Balaban J connectivity index is 2.63. The molecular weight excluding hydrogens is 203 g/mol. The SMILES string of the molecule is CCc1cccc(NNP(=O)(O)O)c1. The van der Waals surface area contributed by atoms with Crippen molar-refractivity contribution in [3.63, 3.8) is 0 Å². The van der Waals surface area contributed by atoms with Crippen LogP contribution in [0, 0.1) is 0 Å². The molecule has 0 radical (unpaired) electrons. The van der Waals surface area contributed by atoms with Gasteiger partial charge in [-0.15, -0.1) is 5.20 Å². The van der Waals surface area contributed by atoms with Crippen LogP contribution in [0.4, 0.5) is 5.69 Å². The Morgan fingerprint density at radius 2 is 2.14 bits per heavy atom. The van der Waals surface area contributed by atoms with E-state index < -0.39 is 7.75 Å². The van der Waals surface area contributed by atoms with Crippen LogP contribution in [-0.4, -0.2) is 9.79 Å². The lowest BCUT2D eigenvalue weighted by Gasteiger charge is -2.09. The molecule has 0 saturated carbocycles. The molecular formula is C8H13N2O3P. The van der Waals surface area contributed by atoms with Gasteiger partial charge in [-0.3, -0.25) is 0 Å². The van der Waals surface area contributed by atoms with Crippen molar-refractivity contribution in [2.24, 2.45) is 0 Å². The molecule has 0 aliphatic rings. The first kappa shape index (κ1) is 11.2. The minimum absolute atomic E-state index is 0.632. The van der Waals surface area contributed by atoms with E-state index in [4.69, 9.17) is 9.79 Å². The van der Waals surface area contributed by atoms with Gasteiger partial charge >= 0.3 is 7.75 Å². The smallest absolute Gasteiger partial charge is 0.312 e. The number of rotatable bonds is 4. The number of hydrogen-bond donors (Lipinski definition) is 4. The first-order valence-corrected chi connectivity index (χ1v) is 5.80. The second kappa shape index (κ2) is 4.57. The average Bonchev–Trinajstić information content (AvgIpc) is 2.14.